The molecule has 2 rings (SSSR count). The molecule has 8 nitrogen and oxygen atoms in total. The van der Waals surface area contributed by atoms with E-state index < -0.39 is 5.97 Å². The van der Waals surface area contributed by atoms with Crippen molar-refractivity contribution in [2.75, 3.05) is 26.4 Å². The van der Waals surface area contributed by atoms with Crippen LogP contribution in [-0.2, 0) is 14.3 Å². The third-order valence-electron chi connectivity index (χ3n) is 3.79. The van der Waals surface area contributed by atoms with Crippen molar-refractivity contribution in [3.63, 3.8) is 0 Å². The van der Waals surface area contributed by atoms with E-state index >= 15 is 0 Å². The monoisotopic (exact) mass is 385 g/mol. The molecule has 0 atom stereocenters. The predicted molar refractivity (Wildman–Crippen MR) is 103 cm³/mol. The van der Waals surface area contributed by atoms with E-state index in [1.54, 1.807) is 38.1 Å². The van der Waals surface area contributed by atoms with Crippen molar-refractivity contribution in [1.82, 2.24) is 5.01 Å². The van der Waals surface area contributed by atoms with Gasteiger partial charge in [0.2, 0.25) is 0 Å². The molecule has 1 aliphatic heterocycles. The lowest BCUT2D eigenvalue weighted by atomic mass is 10.1. The molecule has 0 saturated heterocycles. The van der Waals surface area contributed by atoms with E-state index in [4.69, 9.17) is 19.5 Å². The van der Waals surface area contributed by atoms with E-state index in [-0.39, 0.29) is 32.1 Å². The number of ether oxygens (including phenoxy) is 3. The molecule has 0 radical (unpaired) electrons. The third kappa shape index (κ3) is 5.33. The third-order valence-corrected chi connectivity index (χ3v) is 3.79. The Morgan fingerprint density at radius 3 is 2.71 bits per heavy atom. The van der Waals surface area contributed by atoms with Gasteiger partial charge in [0.25, 0.3) is 5.91 Å². The summed E-state index contributed by atoms with van der Waals surface area (Å²) in [5.41, 5.74) is 1.77. The number of amides is 1. The minimum Gasteiger partial charge on any atom is -0.490 e. The summed E-state index contributed by atoms with van der Waals surface area (Å²) in [5, 5.41) is 14.2. The Balaban J connectivity index is 2.20. The highest BCUT2D eigenvalue weighted by molar-refractivity contribution is 6.26. The van der Waals surface area contributed by atoms with Crippen molar-refractivity contribution in [3.8, 4) is 17.6 Å². The highest BCUT2D eigenvalue weighted by Gasteiger charge is 2.27. The first-order chi connectivity index (χ1) is 13.5. The fourth-order valence-corrected chi connectivity index (χ4v) is 2.56. The van der Waals surface area contributed by atoms with Gasteiger partial charge < -0.3 is 14.2 Å². The Labute approximate surface area is 164 Å². The second-order valence-electron chi connectivity index (χ2n) is 5.81. The minimum atomic E-state index is -0.461. The highest BCUT2D eigenvalue weighted by Crippen LogP contribution is 2.30. The van der Waals surface area contributed by atoms with E-state index in [0.29, 0.717) is 29.4 Å². The first-order valence-electron chi connectivity index (χ1n) is 9.01. The van der Waals surface area contributed by atoms with Crippen LogP contribution in [0.2, 0.25) is 0 Å². The number of hydrogen-bond donors (Lipinski definition) is 0. The van der Waals surface area contributed by atoms with Gasteiger partial charge in [-0.15, -0.1) is 0 Å². The molecule has 8 heteroatoms. The molecule has 0 bridgehead atoms. The number of rotatable bonds is 9. The number of nitriles is 1. The molecule has 0 aliphatic carbocycles. The summed E-state index contributed by atoms with van der Waals surface area (Å²) in [7, 11) is 0. The zero-order valence-corrected chi connectivity index (χ0v) is 16.2. The molecule has 0 aromatic heterocycles. The Bertz CT molecular complexity index is 839. The summed E-state index contributed by atoms with van der Waals surface area (Å²) in [6.07, 6.45) is 1.93. The van der Waals surface area contributed by atoms with E-state index in [1.807, 2.05) is 13.0 Å². The van der Waals surface area contributed by atoms with Gasteiger partial charge >= 0.3 is 5.97 Å². The lowest BCUT2D eigenvalue weighted by Gasteiger charge is -2.12. The normalized spacial score (nSPS) is 14.6. The van der Waals surface area contributed by atoms with Crippen LogP contribution in [0.1, 0.15) is 32.8 Å². The van der Waals surface area contributed by atoms with Crippen LogP contribution in [0.5, 0.6) is 11.5 Å². The first-order valence-corrected chi connectivity index (χ1v) is 9.01. The Kier molecular flexibility index (Phi) is 7.57. The van der Waals surface area contributed by atoms with Gasteiger partial charge in [0.1, 0.15) is 0 Å². The van der Waals surface area contributed by atoms with Gasteiger partial charge in [-0.3, -0.25) is 4.79 Å². The molecular formula is C20H23N3O5. The number of nitrogens with zero attached hydrogens (tertiary/aromatic N) is 3. The fraction of sp³-hybridized carbons (Fsp3) is 0.400. The molecule has 0 N–H and O–H groups in total. The molecule has 0 spiro atoms. The molecule has 1 heterocycles. The standard InChI is InChI=1S/C20H23N3O5/c1-4-26-18-12-15(7-8-17(18)28-13-19(24)27-5-2)11-16-14(3)22-23(20(16)25)10-6-9-21/h7-8,11-12H,4-6,10,13H2,1-3H3. The predicted octanol–water partition coefficient (Wildman–Crippen LogP) is 2.54. The van der Waals surface area contributed by atoms with E-state index in [9.17, 15) is 9.59 Å². The summed E-state index contributed by atoms with van der Waals surface area (Å²) < 4.78 is 15.9. The highest BCUT2D eigenvalue weighted by atomic mass is 16.6. The van der Waals surface area contributed by atoms with Gasteiger partial charge in [0, 0.05) is 0 Å². The molecule has 1 aliphatic rings. The van der Waals surface area contributed by atoms with Crippen LogP contribution in [0, 0.1) is 11.3 Å². The number of carbonyl (C=O) groups is 2. The van der Waals surface area contributed by atoms with E-state index in [2.05, 4.69) is 5.10 Å². The lowest BCUT2D eigenvalue weighted by Crippen LogP contribution is -2.22. The molecule has 1 amide bonds. The average Bonchev–Trinajstić information content (AvgIpc) is 2.93. The summed E-state index contributed by atoms with van der Waals surface area (Å²) in [5.74, 6) is 0.170. The minimum absolute atomic E-state index is 0.216. The first kappa shape index (κ1) is 21.0. The maximum absolute atomic E-state index is 12.5. The number of hydrazone groups is 1. The van der Waals surface area contributed by atoms with Crippen LogP contribution in [-0.4, -0.2) is 49.0 Å². The van der Waals surface area contributed by atoms with Gasteiger partial charge in [-0.05, 0) is 44.5 Å². The smallest absolute Gasteiger partial charge is 0.344 e. The van der Waals surface area contributed by atoms with Crippen molar-refractivity contribution in [1.29, 1.82) is 5.26 Å². The fourth-order valence-electron chi connectivity index (χ4n) is 2.56. The molecule has 0 fully saturated rings. The quantitative estimate of drug-likeness (QED) is 0.478. The summed E-state index contributed by atoms with van der Waals surface area (Å²) in [6, 6.07) is 7.17. The van der Waals surface area contributed by atoms with Gasteiger partial charge in [-0.1, -0.05) is 6.07 Å². The maximum atomic E-state index is 12.5. The molecule has 0 unspecified atom stereocenters. The number of carbonyl (C=O) groups excluding carboxylic acids is 2. The number of esters is 1. The second kappa shape index (κ2) is 10.1. The van der Waals surface area contributed by atoms with Crippen LogP contribution in [0.4, 0.5) is 0 Å². The summed E-state index contributed by atoms with van der Waals surface area (Å²) in [6.45, 7) is 6.05. The van der Waals surface area contributed by atoms with E-state index in [0.717, 1.165) is 5.56 Å². The zero-order valence-electron chi connectivity index (χ0n) is 16.2. The molecule has 1 aromatic carbocycles. The summed E-state index contributed by atoms with van der Waals surface area (Å²) >= 11 is 0. The Morgan fingerprint density at radius 1 is 1.25 bits per heavy atom. The molecule has 28 heavy (non-hydrogen) atoms. The molecule has 148 valence electrons. The van der Waals surface area contributed by atoms with Crippen molar-refractivity contribution < 1.29 is 23.8 Å². The van der Waals surface area contributed by atoms with Gasteiger partial charge in [0.15, 0.2) is 18.1 Å². The SMILES string of the molecule is CCOC(=O)COc1ccc(C=C2C(=O)N(CCC#N)N=C2C)cc1OCC. The Morgan fingerprint density at radius 2 is 2.04 bits per heavy atom. The Hall–Kier alpha value is -3.34. The van der Waals surface area contributed by atoms with Gasteiger partial charge in [-0.25, -0.2) is 9.80 Å². The second-order valence-corrected chi connectivity index (χ2v) is 5.81. The van der Waals surface area contributed by atoms with Gasteiger partial charge in [0.05, 0.1) is 43.5 Å². The van der Waals surface area contributed by atoms with Crippen LogP contribution in [0.25, 0.3) is 6.08 Å². The van der Waals surface area contributed by atoms with Crippen molar-refractivity contribution in [3.05, 3.63) is 29.3 Å². The molecule has 1 aromatic rings. The number of hydrogen-bond acceptors (Lipinski definition) is 7. The summed E-state index contributed by atoms with van der Waals surface area (Å²) in [4.78, 5) is 24.0. The van der Waals surface area contributed by atoms with Crippen molar-refractivity contribution in [2.24, 2.45) is 5.10 Å². The lowest BCUT2D eigenvalue weighted by molar-refractivity contribution is -0.145. The van der Waals surface area contributed by atoms with Crippen LogP contribution >= 0.6 is 0 Å². The topological polar surface area (TPSA) is 101 Å². The molecular weight excluding hydrogens is 362 g/mol. The average molecular weight is 385 g/mol. The zero-order chi connectivity index (χ0) is 20.5. The van der Waals surface area contributed by atoms with Crippen LogP contribution < -0.4 is 9.47 Å². The molecule has 0 saturated carbocycles. The van der Waals surface area contributed by atoms with Crippen LogP contribution in [0.3, 0.4) is 0 Å². The largest absolute Gasteiger partial charge is 0.490 e. The van der Waals surface area contributed by atoms with Gasteiger partial charge in [-0.2, -0.15) is 10.4 Å². The van der Waals surface area contributed by atoms with Crippen molar-refractivity contribution in [2.45, 2.75) is 27.2 Å². The van der Waals surface area contributed by atoms with Crippen molar-refractivity contribution >= 4 is 23.7 Å². The maximum Gasteiger partial charge on any atom is 0.344 e. The van der Waals surface area contributed by atoms with E-state index in [1.165, 1.54) is 5.01 Å². The number of benzene rings is 1. The van der Waals surface area contributed by atoms with Crippen LogP contribution in [0.15, 0.2) is 28.9 Å².